The van der Waals surface area contributed by atoms with Crippen molar-refractivity contribution in [3.63, 3.8) is 0 Å². The van der Waals surface area contributed by atoms with Crippen LogP contribution in [0.2, 0.25) is 0 Å². The van der Waals surface area contributed by atoms with E-state index in [0.29, 0.717) is 18.9 Å². The lowest BCUT2D eigenvalue weighted by Crippen LogP contribution is -2.50. The van der Waals surface area contributed by atoms with Crippen molar-refractivity contribution in [2.75, 3.05) is 0 Å². The van der Waals surface area contributed by atoms with E-state index < -0.39 is 18.1 Å². The van der Waals surface area contributed by atoms with Gasteiger partial charge in [0.15, 0.2) is 0 Å². The molecule has 5 nitrogen and oxygen atoms in total. The highest BCUT2D eigenvalue weighted by Gasteiger charge is 2.26. The maximum atomic E-state index is 12.0. The lowest BCUT2D eigenvalue weighted by atomic mass is 9.84. The number of nitrogens with two attached hydrogens (primary N) is 1. The lowest BCUT2D eigenvalue weighted by molar-refractivity contribution is -0.131. The quantitative estimate of drug-likeness (QED) is 0.575. The number of rotatable bonds is 7. The molecule has 2 rings (SSSR count). The average Bonchev–Trinajstić information content (AvgIpc) is 2.54. The molecule has 1 aromatic rings. The third-order valence-electron chi connectivity index (χ3n) is 4.79. The fourth-order valence-corrected chi connectivity index (χ4v) is 3.61. The predicted molar refractivity (Wildman–Crippen MR) is 96.1 cm³/mol. The van der Waals surface area contributed by atoms with Crippen LogP contribution >= 0.6 is 0 Å². The van der Waals surface area contributed by atoms with Crippen molar-refractivity contribution in [2.24, 2.45) is 11.7 Å². The summed E-state index contributed by atoms with van der Waals surface area (Å²) >= 11 is 0. The standard InChI is InChI=1S/C19H31N3O2/c1-13-8-14(2)10-16(9-13)12-21-22-19(24)18(23)17(20)11-15-6-4-3-5-7-15/h8-10,15,17-18,21,23H,3-7,11-12,20H2,1-2H3,(H,22,24). The Bertz CT molecular complexity index is 521. The Balaban J connectivity index is 1.74. The van der Waals surface area contributed by atoms with E-state index in [1.165, 1.54) is 30.4 Å². The highest BCUT2D eigenvalue weighted by molar-refractivity contribution is 5.80. The van der Waals surface area contributed by atoms with Crippen molar-refractivity contribution in [2.45, 2.75) is 71.1 Å². The zero-order chi connectivity index (χ0) is 17.5. The molecule has 0 spiro atoms. The number of aliphatic hydroxyl groups excluding tert-OH is 1. The Kier molecular flexibility index (Phi) is 7.21. The minimum Gasteiger partial charge on any atom is -0.382 e. The Morgan fingerprint density at radius 2 is 1.83 bits per heavy atom. The third-order valence-corrected chi connectivity index (χ3v) is 4.79. The predicted octanol–water partition coefficient (Wildman–Crippen LogP) is 2.08. The van der Waals surface area contributed by atoms with Gasteiger partial charge in [-0.3, -0.25) is 10.2 Å². The summed E-state index contributed by atoms with van der Waals surface area (Å²) < 4.78 is 0. The highest BCUT2D eigenvalue weighted by atomic mass is 16.3. The molecule has 0 radical (unpaired) electrons. The second-order valence-corrected chi connectivity index (χ2v) is 7.19. The number of amides is 1. The van der Waals surface area contributed by atoms with Crippen molar-refractivity contribution >= 4 is 5.91 Å². The summed E-state index contributed by atoms with van der Waals surface area (Å²) in [4.78, 5) is 12.0. The molecule has 2 unspecified atom stereocenters. The van der Waals surface area contributed by atoms with Gasteiger partial charge in [0.05, 0.1) is 0 Å². The van der Waals surface area contributed by atoms with E-state index in [2.05, 4.69) is 29.1 Å². The summed E-state index contributed by atoms with van der Waals surface area (Å²) in [6.07, 6.45) is 5.62. The monoisotopic (exact) mass is 333 g/mol. The smallest absolute Gasteiger partial charge is 0.264 e. The highest BCUT2D eigenvalue weighted by Crippen LogP contribution is 2.27. The maximum absolute atomic E-state index is 12.0. The largest absolute Gasteiger partial charge is 0.382 e. The van der Waals surface area contributed by atoms with E-state index in [4.69, 9.17) is 5.73 Å². The molecule has 1 amide bonds. The molecule has 0 aliphatic heterocycles. The van der Waals surface area contributed by atoms with E-state index in [9.17, 15) is 9.90 Å². The van der Waals surface area contributed by atoms with Crippen LogP contribution in [-0.4, -0.2) is 23.2 Å². The van der Waals surface area contributed by atoms with Gasteiger partial charge in [-0.1, -0.05) is 61.4 Å². The molecule has 2 atom stereocenters. The fourth-order valence-electron chi connectivity index (χ4n) is 3.61. The zero-order valence-electron chi connectivity index (χ0n) is 14.8. The van der Waals surface area contributed by atoms with Crippen LogP contribution in [0.3, 0.4) is 0 Å². The average molecular weight is 333 g/mol. The molecule has 5 heteroatoms. The number of aryl methyl sites for hydroxylation is 2. The minimum absolute atomic E-state index is 0.456. The molecule has 5 N–H and O–H groups in total. The molecule has 0 saturated heterocycles. The molecule has 0 heterocycles. The minimum atomic E-state index is -1.17. The number of hydrazine groups is 1. The second-order valence-electron chi connectivity index (χ2n) is 7.19. The van der Waals surface area contributed by atoms with Crippen LogP contribution in [-0.2, 0) is 11.3 Å². The van der Waals surface area contributed by atoms with Crippen LogP contribution < -0.4 is 16.6 Å². The van der Waals surface area contributed by atoms with Gasteiger partial charge in [-0.15, -0.1) is 0 Å². The van der Waals surface area contributed by atoms with Gasteiger partial charge in [-0.05, 0) is 31.7 Å². The third kappa shape index (κ3) is 5.89. The Hall–Kier alpha value is -1.43. The van der Waals surface area contributed by atoms with Crippen molar-refractivity contribution in [1.29, 1.82) is 0 Å². The van der Waals surface area contributed by atoms with Gasteiger partial charge in [0, 0.05) is 12.6 Å². The molecular weight excluding hydrogens is 302 g/mol. The van der Waals surface area contributed by atoms with Crippen molar-refractivity contribution in [3.05, 3.63) is 34.9 Å². The Labute approximate surface area is 145 Å². The van der Waals surface area contributed by atoms with E-state index in [1.54, 1.807) is 0 Å². The van der Waals surface area contributed by atoms with Gasteiger partial charge in [-0.25, -0.2) is 5.43 Å². The SMILES string of the molecule is Cc1cc(C)cc(CNNC(=O)C(O)C(N)CC2CCCCC2)c1. The van der Waals surface area contributed by atoms with Gasteiger partial charge in [0.1, 0.15) is 6.10 Å². The number of hydrogen-bond donors (Lipinski definition) is 4. The van der Waals surface area contributed by atoms with Gasteiger partial charge in [0.2, 0.25) is 0 Å². The number of carbonyl (C=O) groups is 1. The van der Waals surface area contributed by atoms with E-state index >= 15 is 0 Å². The molecule has 1 aliphatic carbocycles. The summed E-state index contributed by atoms with van der Waals surface area (Å²) in [5.74, 6) is 0.0853. The summed E-state index contributed by atoms with van der Waals surface area (Å²) in [7, 11) is 0. The van der Waals surface area contributed by atoms with Gasteiger partial charge < -0.3 is 10.8 Å². The molecule has 134 valence electrons. The van der Waals surface area contributed by atoms with Crippen LogP contribution in [0, 0.1) is 19.8 Å². The first-order chi connectivity index (χ1) is 11.5. The van der Waals surface area contributed by atoms with Crippen LogP contribution in [0.4, 0.5) is 0 Å². The number of aliphatic hydroxyl groups is 1. The van der Waals surface area contributed by atoms with Gasteiger partial charge in [0.25, 0.3) is 5.91 Å². The van der Waals surface area contributed by atoms with Crippen molar-refractivity contribution in [1.82, 2.24) is 10.9 Å². The molecule has 0 bridgehead atoms. The first-order valence-corrected chi connectivity index (χ1v) is 8.99. The van der Waals surface area contributed by atoms with E-state index in [-0.39, 0.29) is 0 Å². The van der Waals surface area contributed by atoms with Crippen LogP contribution in [0.5, 0.6) is 0 Å². The second kappa shape index (κ2) is 9.16. The summed E-state index contributed by atoms with van der Waals surface area (Å²) in [5.41, 5.74) is 14.9. The van der Waals surface area contributed by atoms with Crippen LogP contribution in [0.1, 0.15) is 55.2 Å². The Morgan fingerprint density at radius 3 is 2.46 bits per heavy atom. The summed E-state index contributed by atoms with van der Waals surface area (Å²) in [5, 5.41) is 10.1. The molecule has 1 aliphatic rings. The normalized spacial score (nSPS) is 18.2. The zero-order valence-corrected chi connectivity index (χ0v) is 14.8. The lowest BCUT2D eigenvalue weighted by Gasteiger charge is -2.26. The maximum Gasteiger partial charge on any atom is 0.264 e. The van der Waals surface area contributed by atoms with E-state index in [0.717, 1.165) is 18.4 Å². The molecular formula is C19H31N3O2. The van der Waals surface area contributed by atoms with Crippen molar-refractivity contribution < 1.29 is 9.90 Å². The molecule has 0 aromatic heterocycles. The Morgan fingerprint density at radius 1 is 1.21 bits per heavy atom. The first kappa shape index (κ1) is 18.9. The number of nitrogens with one attached hydrogen (secondary N) is 2. The van der Waals surface area contributed by atoms with Crippen LogP contribution in [0.15, 0.2) is 18.2 Å². The molecule has 1 aromatic carbocycles. The molecule has 24 heavy (non-hydrogen) atoms. The summed E-state index contributed by atoms with van der Waals surface area (Å²) in [6.45, 7) is 4.60. The van der Waals surface area contributed by atoms with Crippen LogP contribution in [0.25, 0.3) is 0 Å². The summed E-state index contributed by atoms with van der Waals surface area (Å²) in [6, 6.07) is 5.74. The van der Waals surface area contributed by atoms with Crippen molar-refractivity contribution in [3.8, 4) is 0 Å². The molecule has 1 fully saturated rings. The first-order valence-electron chi connectivity index (χ1n) is 8.99. The molecule has 1 saturated carbocycles. The number of hydrogen-bond acceptors (Lipinski definition) is 4. The van der Waals surface area contributed by atoms with Gasteiger partial charge >= 0.3 is 0 Å². The van der Waals surface area contributed by atoms with E-state index in [1.807, 2.05) is 13.8 Å². The fraction of sp³-hybridized carbons (Fsp3) is 0.632. The topological polar surface area (TPSA) is 87.4 Å². The number of benzene rings is 1. The number of carbonyl (C=O) groups excluding carboxylic acids is 1. The van der Waals surface area contributed by atoms with Gasteiger partial charge in [-0.2, -0.15) is 0 Å².